The Morgan fingerprint density at radius 1 is 1.00 bits per heavy atom. The SMILES string of the molecule is CCc1cccc(-c2ccccc2B(O)O)c1. The minimum atomic E-state index is -1.43. The molecule has 17 heavy (non-hydrogen) atoms. The third kappa shape index (κ3) is 2.57. The number of benzene rings is 2. The molecule has 0 unspecified atom stereocenters. The molecule has 2 N–H and O–H groups in total. The highest BCUT2D eigenvalue weighted by atomic mass is 16.4. The zero-order valence-electron chi connectivity index (χ0n) is 9.80. The lowest BCUT2D eigenvalue weighted by Gasteiger charge is -2.09. The molecular formula is C14H15BO2. The lowest BCUT2D eigenvalue weighted by atomic mass is 9.75. The lowest BCUT2D eigenvalue weighted by Crippen LogP contribution is -2.31. The minimum absolute atomic E-state index is 0.542. The summed E-state index contributed by atoms with van der Waals surface area (Å²) in [5.41, 5.74) is 3.68. The highest BCUT2D eigenvalue weighted by molar-refractivity contribution is 6.60. The summed E-state index contributed by atoms with van der Waals surface area (Å²) in [6.07, 6.45) is 0.970. The van der Waals surface area contributed by atoms with E-state index in [1.54, 1.807) is 6.07 Å². The van der Waals surface area contributed by atoms with Gasteiger partial charge in [0.05, 0.1) is 0 Å². The van der Waals surface area contributed by atoms with Crippen LogP contribution in [0.1, 0.15) is 12.5 Å². The van der Waals surface area contributed by atoms with E-state index in [0.717, 1.165) is 17.5 Å². The first-order valence-electron chi connectivity index (χ1n) is 5.76. The summed E-state index contributed by atoms with van der Waals surface area (Å²) < 4.78 is 0. The summed E-state index contributed by atoms with van der Waals surface area (Å²) in [7, 11) is -1.43. The van der Waals surface area contributed by atoms with Gasteiger partial charge in [-0.3, -0.25) is 0 Å². The lowest BCUT2D eigenvalue weighted by molar-refractivity contribution is 0.426. The fourth-order valence-electron chi connectivity index (χ4n) is 1.94. The monoisotopic (exact) mass is 226 g/mol. The van der Waals surface area contributed by atoms with Gasteiger partial charge in [-0.25, -0.2) is 0 Å². The Morgan fingerprint density at radius 3 is 2.47 bits per heavy atom. The van der Waals surface area contributed by atoms with Crippen LogP contribution in [-0.4, -0.2) is 17.2 Å². The van der Waals surface area contributed by atoms with Gasteiger partial charge in [0.15, 0.2) is 0 Å². The van der Waals surface area contributed by atoms with Crippen LogP contribution in [0.3, 0.4) is 0 Å². The van der Waals surface area contributed by atoms with E-state index in [1.165, 1.54) is 5.56 Å². The van der Waals surface area contributed by atoms with E-state index in [9.17, 15) is 10.0 Å². The molecule has 0 heterocycles. The van der Waals surface area contributed by atoms with Crippen LogP contribution in [0.15, 0.2) is 48.5 Å². The molecule has 0 radical (unpaired) electrons. The van der Waals surface area contributed by atoms with E-state index in [2.05, 4.69) is 19.1 Å². The van der Waals surface area contributed by atoms with Crippen LogP contribution in [0.2, 0.25) is 0 Å². The zero-order chi connectivity index (χ0) is 12.3. The van der Waals surface area contributed by atoms with E-state index in [-0.39, 0.29) is 0 Å². The highest BCUT2D eigenvalue weighted by Crippen LogP contribution is 2.19. The second kappa shape index (κ2) is 5.17. The predicted molar refractivity (Wildman–Crippen MR) is 71.1 cm³/mol. The van der Waals surface area contributed by atoms with Crippen LogP contribution in [0.4, 0.5) is 0 Å². The van der Waals surface area contributed by atoms with Crippen molar-refractivity contribution in [2.24, 2.45) is 0 Å². The molecule has 2 aromatic carbocycles. The Labute approximate surface area is 102 Å². The van der Waals surface area contributed by atoms with Crippen molar-refractivity contribution in [1.82, 2.24) is 0 Å². The van der Waals surface area contributed by atoms with Crippen LogP contribution >= 0.6 is 0 Å². The summed E-state index contributed by atoms with van der Waals surface area (Å²) in [4.78, 5) is 0. The Bertz CT molecular complexity index is 509. The highest BCUT2D eigenvalue weighted by Gasteiger charge is 2.15. The van der Waals surface area contributed by atoms with Crippen molar-refractivity contribution in [2.75, 3.05) is 0 Å². The molecule has 0 aliphatic rings. The van der Waals surface area contributed by atoms with E-state index < -0.39 is 7.12 Å². The topological polar surface area (TPSA) is 40.5 Å². The second-order valence-corrected chi connectivity index (χ2v) is 4.01. The molecule has 2 nitrogen and oxygen atoms in total. The van der Waals surface area contributed by atoms with Gasteiger partial charge in [0.25, 0.3) is 0 Å². The van der Waals surface area contributed by atoms with Crippen molar-refractivity contribution in [1.29, 1.82) is 0 Å². The molecule has 2 rings (SSSR count). The van der Waals surface area contributed by atoms with Gasteiger partial charge in [-0.15, -0.1) is 0 Å². The van der Waals surface area contributed by atoms with Crippen LogP contribution in [0.5, 0.6) is 0 Å². The summed E-state index contributed by atoms with van der Waals surface area (Å²) in [6.45, 7) is 2.10. The molecule has 0 spiro atoms. The molecule has 0 amide bonds. The summed E-state index contributed by atoms with van der Waals surface area (Å²) in [5.74, 6) is 0. The molecule has 0 saturated carbocycles. The summed E-state index contributed by atoms with van der Waals surface area (Å²) >= 11 is 0. The van der Waals surface area contributed by atoms with E-state index in [1.807, 2.05) is 30.3 Å². The van der Waals surface area contributed by atoms with Crippen molar-refractivity contribution in [3.63, 3.8) is 0 Å². The average Bonchev–Trinajstić information content (AvgIpc) is 2.39. The third-order valence-electron chi connectivity index (χ3n) is 2.89. The smallest absolute Gasteiger partial charge is 0.423 e. The maximum absolute atomic E-state index is 9.35. The average molecular weight is 226 g/mol. The predicted octanol–water partition coefficient (Wildman–Crippen LogP) is 1.60. The number of hydrogen-bond acceptors (Lipinski definition) is 2. The third-order valence-corrected chi connectivity index (χ3v) is 2.89. The molecule has 0 aliphatic heterocycles. The molecule has 3 heteroatoms. The fraction of sp³-hybridized carbons (Fsp3) is 0.143. The zero-order valence-corrected chi connectivity index (χ0v) is 9.80. The fourth-order valence-corrected chi connectivity index (χ4v) is 1.94. The molecule has 0 aliphatic carbocycles. The molecule has 0 bridgehead atoms. The Balaban J connectivity index is 2.52. The van der Waals surface area contributed by atoms with Crippen LogP contribution in [0, 0.1) is 0 Å². The Hall–Kier alpha value is -1.58. The summed E-state index contributed by atoms with van der Waals surface area (Å²) in [5, 5.41) is 18.7. The Morgan fingerprint density at radius 2 is 1.76 bits per heavy atom. The molecule has 86 valence electrons. The van der Waals surface area contributed by atoms with Crippen molar-refractivity contribution < 1.29 is 10.0 Å². The molecule has 2 aromatic rings. The minimum Gasteiger partial charge on any atom is -0.423 e. The number of hydrogen-bond donors (Lipinski definition) is 2. The van der Waals surface area contributed by atoms with Crippen LogP contribution in [-0.2, 0) is 6.42 Å². The van der Waals surface area contributed by atoms with Crippen molar-refractivity contribution in [3.8, 4) is 11.1 Å². The number of aryl methyl sites for hydroxylation is 1. The van der Waals surface area contributed by atoms with Crippen LogP contribution < -0.4 is 5.46 Å². The summed E-state index contributed by atoms with van der Waals surface area (Å²) in [6, 6.07) is 15.5. The quantitative estimate of drug-likeness (QED) is 0.780. The maximum atomic E-state index is 9.35. The van der Waals surface area contributed by atoms with Gasteiger partial charge in [-0.1, -0.05) is 55.5 Å². The largest absolute Gasteiger partial charge is 0.489 e. The van der Waals surface area contributed by atoms with Crippen LogP contribution in [0.25, 0.3) is 11.1 Å². The van der Waals surface area contributed by atoms with E-state index >= 15 is 0 Å². The maximum Gasteiger partial charge on any atom is 0.489 e. The second-order valence-electron chi connectivity index (χ2n) is 4.01. The number of rotatable bonds is 3. The van der Waals surface area contributed by atoms with Gasteiger partial charge in [0.1, 0.15) is 0 Å². The van der Waals surface area contributed by atoms with Gasteiger partial charge in [0.2, 0.25) is 0 Å². The molecular weight excluding hydrogens is 211 g/mol. The Kier molecular flexibility index (Phi) is 3.62. The van der Waals surface area contributed by atoms with Crippen molar-refractivity contribution in [2.45, 2.75) is 13.3 Å². The van der Waals surface area contributed by atoms with Gasteiger partial charge in [-0.2, -0.15) is 0 Å². The van der Waals surface area contributed by atoms with Crippen molar-refractivity contribution in [3.05, 3.63) is 54.1 Å². The molecule has 0 atom stereocenters. The van der Waals surface area contributed by atoms with Crippen molar-refractivity contribution >= 4 is 12.6 Å². The standard InChI is InChI=1S/C14H15BO2/c1-2-11-6-5-7-12(10-11)13-8-3-4-9-14(13)15(16)17/h3-10,16-17H,2H2,1H3. The molecule has 0 fully saturated rings. The first kappa shape index (κ1) is 11.9. The van der Waals surface area contributed by atoms with E-state index in [0.29, 0.717) is 5.46 Å². The van der Waals surface area contributed by atoms with E-state index in [4.69, 9.17) is 0 Å². The molecule has 0 aromatic heterocycles. The normalized spacial score (nSPS) is 10.3. The van der Waals surface area contributed by atoms with Gasteiger partial charge in [-0.05, 0) is 28.6 Å². The first-order valence-corrected chi connectivity index (χ1v) is 5.76. The van der Waals surface area contributed by atoms with Gasteiger partial charge in [0, 0.05) is 0 Å². The van der Waals surface area contributed by atoms with Gasteiger partial charge < -0.3 is 10.0 Å². The van der Waals surface area contributed by atoms with Gasteiger partial charge >= 0.3 is 7.12 Å². The first-order chi connectivity index (χ1) is 8.22. The molecule has 0 saturated heterocycles.